The molecule has 2 aromatic carbocycles. The highest BCUT2D eigenvalue weighted by Crippen LogP contribution is 2.45. The number of pyridine rings is 1. The van der Waals surface area contributed by atoms with Crippen LogP contribution in [0.25, 0.3) is 11.3 Å². The lowest BCUT2D eigenvalue weighted by Gasteiger charge is -2.26. The van der Waals surface area contributed by atoms with Crippen molar-refractivity contribution in [3.63, 3.8) is 0 Å². The van der Waals surface area contributed by atoms with Gasteiger partial charge in [0.05, 0.1) is 22.3 Å². The van der Waals surface area contributed by atoms with Gasteiger partial charge in [0.25, 0.3) is 5.69 Å². The molecule has 10 heteroatoms. The minimum absolute atomic E-state index is 0.00526. The number of thiocarbonyl (C=S) groups is 1. The molecule has 3 heterocycles. The fraction of sp³-hybridized carbons (Fsp3) is 0.0833. The first-order chi connectivity index (χ1) is 16.4. The van der Waals surface area contributed by atoms with Crippen LogP contribution < -0.4 is 10.2 Å². The summed E-state index contributed by atoms with van der Waals surface area (Å²) in [4.78, 5) is 17.0. The van der Waals surface area contributed by atoms with Crippen molar-refractivity contribution in [1.29, 1.82) is 0 Å². The third kappa shape index (κ3) is 3.95. The fourth-order valence-electron chi connectivity index (χ4n) is 4.03. The molecule has 1 fully saturated rings. The Labute approximate surface area is 204 Å². The second kappa shape index (κ2) is 8.77. The quantitative estimate of drug-likeness (QED) is 0.205. The number of halogens is 1. The number of phenols is 1. The Morgan fingerprint density at radius 2 is 1.97 bits per heavy atom. The number of non-ortho nitro benzene ring substituents is 1. The summed E-state index contributed by atoms with van der Waals surface area (Å²) in [7, 11) is 0. The second-order valence-corrected chi connectivity index (χ2v) is 8.46. The van der Waals surface area contributed by atoms with Crippen LogP contribution in [0.3, 0.4) is 0 Å². The third-order valence-electron chi connectivity index (χ3n) is 5.55. The van der Waals surface area contributed by atoms with E-state index in [9.17, 15) is 15.2 Å². The molecule has 2 N–H and O–H groups in total. The predicted octanol–water partition coefficient (Wildman–Crippen LogP) is 5.79. The highest BCUT2D eigenvalue weighted by atomic mass is 35.5. The van der Waals surface area contributed by atoms with E-state index in [-0.39, 0.29) is 11.4 Å². The molecule has 2 aromatic heterocycles. The molecule has 1 saturated heterocycles. The lowest BCUT2D eigenvalue weighted by molar-refractivity contribution is -0.384. The average molecular weight is 493 g/mol. The minimum Gasteiger partial charge on any atom is -0.506 e. The van der Waals surface area contributed by atoms with Crippen LogP contribution in [-0.4, -0.2) is 20.1 Å². The number of nitrogens with one attached hydrogen (secondary N) is 1. The SMILES string of the molecule is O=[N+]([O-])c1cccc(-c2ccc([C@@H]3[C@H](c4ccccn4)NC(=S)N3c3cc(Cl)ccc3O)o2)c1. The summed E-state index contributed by atoms with van der Waals surface area (Å²) in [5.41, 5.74) is 1.69. The molecule has 170 valence electrons. The first-order valence-electron chi connectivity index (χ1n) is 10.3. The Balaban J connectivity index is 1.62. The Morgan fingerprint density at radius 1 is 1.12 bits per heavy atom. The van der Waals surface area contributed by atoms with E-state index >= 15 is 0 Å². The Hall–Kier alpha value is -3.95. The van der Waals surface area contributed by atoms with E-state index in [1.165, 1.54) is 18.2 Å². The number of rotatable bonds is 5. The predicted molar refractivity (Wildman–Crippen MR) is 132 cm³/mol. The van der Waals surface area contributed by atoms with Crippen molar-refractivity contribution < 1.29 is 14.4 Å². The normalized spacial score (nSPS) is 17.6. The number of aromatic hydroxyl groups is 1. The lowest BCUT2D eigenvalue weighted by Crippen LogP contribution is -2.29. The number of benzene rings is 2. The van der Waals surface area contributed by atoms with E-state index in [0.29, 0.717) is 32.9 Å². The van der Waals surface area contributed by atoms with Crippen LogP contribution in [0.5, 0.6) is 5.75 Å². The summed E-state index contributed by atoms with van der Waals surface area (Å²) in [6, 6.07) is 19.1. The summed E-state index contributed by atoms with van der Waals surface area (Å²) in [5, 5.41) is 25.9. The highest BCUT2D eigenvalue weighted by molar-refractivity contribution is 7.80. The molecule has 0 spiro atoms. The topological polar surface area (TPSA) is 105 Å². The van der Waals surface area contributed by atoms with Gasteiger partial charge in [0, 0.05) is 28.9 Å². The van der Waals surface area contributed by atoms with E-state index in [1.807, 2.05) is 18.2 Å². The molecule has 0 amide bonds. The van der Waals surface area contributed by atoms with Gasteiger partial charge in [-0.15, -0.1) is 0 Å². The molecule has 0 aliphatic carbocycles. The smallest absolute Gasteiger partial charge is 0.270 e. The molecule has 2 atom stereocenters. The molecule has 8 nitrogen and oxygen atoms in total. The maximum atomic E-state index is 11.2. The van der Waals surface area contributed by atoms with Gasteiger partial charge in [0.2, 0.25) is 0 Å². The van der Waals surface area contributed by atoms with Crippen LogP contribution in [0.15, 0.2) is 83.4 Å². The van der Waals surface area contributed by atoms with Crippen LogP contribution in [0.1, 0.15) is 23.5 Å². The van der Waals surface area contributed by atoms with Crippen molar-refractivity contribution in [2.24, 2.45) is 0 Å². The fourth-order valence-corrected chi connectivity index (χ4v) is 4.54. The van der Waals surface area contributed by atoms with Crippen molar-refractivity contribution in [1.82, 2.24) is 10.3 Å². The van der Waals surface area contributed by atoms with Crippen LogP contribution >= 0.6 is 23.8 Å². The molecule has 1 aliphatic heterocycles. The van der Waals surface area contributed by atoms with Gasteiger partial charge in [-0.2, -0.15) is 0 Å². The van der Waals surface area contributed by atoms with E-state index in [2.05, 4.69) is 10.3 Å². The number of nitro benzene ring substituents is 1. The maximum absolute atomic E-state index is 11.2. The van der Waals surface area contributed by atoms with Gasteiger partial charge in [-0.1, -0.05) is 29.8 Å². The number of nitro groups is 1. The largest absolute Gasteiger partial charge is 0.506 e. The molecule has 1 aliphatic rings. The zero-order valence-electron chi connectivity index (χ0n) is 17.5. The molecule has 4 aromatic rings. The summed E-state index contributed by atoms with van der Waals surface area (Å²) in [5.74, 6) is 1.00. The number of nitrogens with zero attached hydrogens (tertiary/aromatic N) is 3. The zero-order chi connectivity index (χ0) is 23.8. The minimum atomic E-state index is -0.515. The van der Waals surface area contributed by atoms with E-state index < -0.39 is 17.0 Å². The number of anilines is 1. The van der Waals surface area contributed by atoms with Gasteiger partial charge >= 0.3 is 0 Å². The number of hydrogen-bond donors (Lipinski definition) is 2. The van der Waals surface area contributed by atoms with E-state index in [4.69, 9.17) is 28.2 Å². The van der Waals surface area contributed by atoms with Gasteiger partial charge in [-0.05, 0) is 54.7 Å². The van der Waals surface area contributed by atoms with Gasteiger partial charge in [-0.3, -0.25) is 15.1 Å². The van der Waals surface area contributed by atoms with Crippen LogP contribution in [0, 0.1) is 10.1 Å². The Morgan fingerprint density at radius 3 is 2.74 bits per heavy atom. The van der Waals surface area contributed by atoms with E-state index in [0.717, 1.165) is 5.69 Å². The summed E-state index contributed by atoms with van der Waals surface area (Å²) in [6.45, 7) is 0. The van der Waals surface area contributed by atoms with Gasteiger partial charge in [0.1, 0.15) is 23.3 Å². The number of hydrogen-bond acceptors (Lipinski definition) is 6. The van der Waals surface area contributed by atoms with Crippen LogP contribution in [0.2, 0.25) is 5.02 Å². The molecule has 0 unspecified atom stereocenters. The zero-order valence-corrected chi connectivity index (χ0v) is 19.0. The second-order valence-electron chi connectivity index (χ2n) is 7.64. The van der Waals surface area contributed by atoms with Gasteiger partial charge in [0.15, 0.2) is 5.11 Å². The molecular weight excluding hydrogens is 476 g/mol. The lowest BCUT2D eigenvalue weighted by atomic mass is 10.0. The van der Waals surface area contributed by atoms with Crippen molar-refractivity contribution >= 4 is 40.3 Å². The monoisotopic (exact) mass is 492 g/mol. The molecule has 0 radical (unpaired) electrons. The molecule has 5 rings (SSSR count). The summed E-state index contributed by atoms with van der Waals surface area (Å²) < 4.78 is 6.20. The summed E-state index contributed by atoms with van der Waals surface area (Å²) in [6.07, 6.45) is 1.69. The van der Waals surface area contributed by atoms with Crippen molar-refractivity contribution in [2.75, 3.05) is 4.90 Å². The highest BCUT2D eigenvalue weighted by Gasteiger charge is 2.43. The standard InChI is InChI=1S/C24H17ClN4O4S/c25-15-7-8-19(30)18(13-15)28-23(22(27-24(28)34)17-6-1-2-11-26-17)21-10-9-20(33-21)14-4-3-5-16(12-14)29(31)32/h1-13,22-23,30H,(H,27,34)/t22-,23+/m0/s1. The summed E-state index contributed by atoms with van der Waals surface area (Å²) >= 11 is 11.9. The number of phenolic OH excluding ortho intramolecular Hbond substituents is 1. The van der Waals surface area contributed by atoms with Crippen LogP contribution in [0.4, 0.5) is 11.4 Å². The van der Waals surface area contributed by atoms with Crippen molar-refractivity contribution in [3.8, 4) is 17.1 Å². The first-order valence-corrected chi connectivity index (χ1v) is 11.0. The first kappa shape index (κ1) is 21.9. The van der Waals surface area contributed by atoms with Crippen molar-refractivity contribution in [2.45, 2.75) is 12.1 Å². The van der Waals surface area contributed by atoms with E-state index in [1.54, 1.807) is 47.5 Å². The average Bonchev–Trinajstić information content (AvgIpc) is 3.46. The Bertz CT molecular complexity index is 1390. The van der Waals surface area contributed by atoms with Crippen molar-refractivity contribution in [3.05, 3.63) is 106 Å². The molecule has 0 saturated carbocycles. The number of aromatic nitrogens is 1. The molecule has 0 bridgehead atoms. The molecule has 34 heavy (non-hydrogen) atoms. The van der Waals surface area contributed by atoms with Gasteiger partial charge in [-0.25, -0.2) is 0 Å². The third-order valence-corrected chi connectivity index (χ3v) is 6.10. The molecular formula is C24H17ClN4O4S. The number of furan rings is 1. The van der Waals surface area contributed by atoms with Crippen LogP contribution in [-0.2, 0) is 0 Å². The Kier molecular flexibility index (Phi) is 5.64. The maximum Gasteiger partial charge on any atom is 0.270 e. The van der Waals surface area contributed by atoms with Gasteiger partial charge < -0.3 is 19.7 Å².